The topological polar surface area (TPSA) is 75.2 Å². The Morgan fingerprint density at radius 2 is 1.96 bits per heavy atom. The van der Waals surface area contributed by atoms with E-state index < -0.39 is 5.41 Å². The monoisotopic (exact) mass is 344 g/mol. The van der Waals surface area contributed by atoms with Gasteiger partial charge in [-0.3, -0.25) is 9.59 Å². The zero-order chi connectivity index (χ0) is 17.3. The molecule has 0 radical (unpaired) electrons. The second-order valence-electron chi connectivity index (χ2n) is 6.89. The molecule has 0 saturated carbocycles. The van der Waals surface area contributed by atoms with Gasteiger partial charge in [0.05, 0.1) is 0 Å². The molecule has 1 aliphatic rings. The molecule has 2 heterocycles. The van der Waals surface area contributed by atoms with Crippen LogP contribution >= 0.6 is 11.3 Å². The van der Waals surface area contributed by atoms with Gasteiger partial charge in [-0.2, -0.15) is 0 Å². The molecule has 1 atom stereocenters. The lowest BCUT2D eigenvalue weighted by Gasteiger charge is -2.16. The van der Waals surface area contributed by atoms with Crippen molar-refractivity contribution in [3.8, 4) is 0 Å². The number of amides is 2. The van der Waals surface area contributed by atoms with Crippen LogP contribution in [0.2, 0.25) is 0 Å². The molecule has 6 nitrogen and oxygen atoms in total. The summed E-state index contributed by atoms with van der Waals surface area (Å²) < 4.78 is 0. The Kier molecular flexibility index (Phi) is 4.36. The summed E-state index contributed by atoms with van der Waals surface area (Å²) in [6, 6.07) is 9.61. The number of para-hydroxylation sites is 1. The molecule has 2 amide bonds. The van der Waals surface area contributed by atoms with E-state index in [-0.39, 0.29) is 17.7 Å². The van der Waals surface area contributed by atoms with Crippen LogP contribution in [0.4, 0.5) is 10.8 Å². The van der Waals surface area contributed by atoms with Crippen molar-refractivity contribution in [3.63, 3.8) is 0 Å². The second kappa shape index (κ2) is 6.32. The first-order chi connectivity index (χ1) is 11.3. The third-order valence-corrected chi connectivity index (χ3v) is 4.89. The molecule has 1 aromatic heterocycles. The summed E-state index contributed by atoms with van der Waals surface area (Å²) >= 11 is 1.34. The minimum Gasteiger partial charge on any atom is -0.312 e. The molecule has 1 fully saturated rings. The second-order valence-corrected chi connectivity index (χ2v) is 7.90. The smallest absolute Gasteiger partial charge is 0.231 e. The SMILES string of the molecule is CC(C)(C)C(=O)Nc1nnc(C2CC(=O)N(c3ccccc3)C2)s1. The fraction of sp³-hybridized carbons (Fsp3) is 0.412. The molecule has 1 unspecified atom stereocenters. The third kappa shape index (κ3) is 3.46. The number of nitrogens with zero attached hydrogens (tertiary/aromatic N) is 3. The van der Waals surface area contributed by atoms with Crippen LogP contribution in [-0.4, -0.2) is 28.6 Å². The lowest BCUT2D eigenvalue weighted by Crippen LogP contribution is -2.27. The van der Waals surface area contributed by atoms with Gasteiger partial charge in [0, 0.05) is 30.0 Å². The first-order valence-electron chi connectivity index (χ1n) is 7.85. The van der Waals surface area contributed by atoms with E-state index in [1.165, 1.54) is 11.3 Å². The van der Waals surface area contributed by atoms with E-state index in [0.717, 1.165) is 10.7 Å². The van der Waals surface area contributed by atoms with Crippen molar-refractivity contribution >= 4 is 34.0 Å². The van der Waals surface area contributed by atoms with Crippen molar-refractivity contribution < 1.29 is 9.59 Å². The Morgan fingerprint density at radius 1 is 1.25 bits per heavy atom. The number of nitrogens with one attached hydrogen (secondary N) is 1. The number of hydrogen-bond donors (Lipinski definition) is 1. The summed E-state index contributed by atoms with van der Waals surface area (Å²) in [7, 11) is 0. The van der Waals surface area contributed by atoms with Crippen molar-refractivity contribution in [2.45, 2.75) is 33.1 Å². The van der Waals surface area contributed by atoms with E-state index in [9.17, 15) is 9.59 Å². The van der Waals surface area contributed by atoms with Crippen molar-refractivity contribution in [3.05, 3.63) is 35.3 Å². The van der Waals surface area contributed by atoms with E-state index in [0.29, 0.717) is 18.1 Å². The van der Waals surface area contributed by atoms with Gasteiger partial charge in [-0.15, -0.1) is 10.2 Å². The van der Waals surface area contributed by atoms with Crippen LogP contribution in [-0.2, 0) is 9.59 Å². The fourth-order valence-electron chi connectivity index (χ4n) is 2.47. The molecule has 1 N–H and O–H groups in total. The minimum atomic E-state index is -0.487. The Bertz CT molecular complexity index is 751. The summed E-state index contributed by atoms with van der Waals surface area (Å²) in [5.74, 6) is -0.00391. The molecule has 0 aliphatic carbocycles. The number of anilines is 2. The van der Waals surface area contributed by atoms with Crippen LogP contribution in [0.1, 0.15) is 38.1 Å². The van der Waals surface area contributed by atoms with E-state index in [2.05, 4.69) is 15.5 Å². The summed E-state index contributed by atoms with van der Waals surface area (Å²) in [4.78, 5) is 26.1. The molecular weight excluding hydrogens is 324 g/mol. The van der Waals surface area contributed by atoms with Gasteiger partial charge in [0.1, 0.15) is 5.01 Å². The van der Waals surface area contributed by atoms with E-state index in [4.69, 9.17) is 0 Å². The molecule has 0 spiro atoms. The first-order valence-corrected chi connectivity index (χ1v) is 8.66. The molecule has 2 aromatic rings. The highest BCUT2D eigenvalue weighted by molar-refractivity contribution is 7.15. The van der Waals surface area contributed by atoms with Gasteiger partial charge in [0.25, 0.3) is 0 Å². The molecule has 1 aromatic carbocycles. The maximum absolute atomic E-state index is 12.3. The summed E-state index contributed by atoms with van der Waals surface area (Å²) in [5, 5.41) is 12.3. The highest BCUT2D eigenvalue weighted by Crippen LogP contribution is 2.34. The average molecular weight is 344 g/mol. The van der Waals surface area contributed by atoms with Gasteiger partial charge < -0.3 is 10.2 Å². The standard InChI is InChI=1S/C17H20N4O2S/c1-17(2,3)15(23)18-16-20-19-14(24-16)11-9-13(22)21(10-11)12-7-5-4-6-8-12/h4-8,11H,9-10H2,1-3H3,(H,18,20,23). The lowest BCUT2D eigenvalue weighted by molar-refractivity contribution is -0.123. The van der Waals surface area contributed by atoms with E-state index in [1.807, 2.05) is 51.1 Å². The predicted molar refractivity (Wildman–Crippen MR) is 94.1 cm³/mol. The number of rotatable bonds is 3. The van der Waals surface area contributed by atoms with Crippen molar-refractivity contribution in [1.29, 1.82) is 0 Å². The van der Waals surface area contributed by atoms with Gasteiger partial charge in [-0.1, -0.05) is 50.3 Å². The fourth-order valence-corrected chi connectivity index (χ4v) is 3.29. The quantitative estimate of drug-likeness (QED) is 0.928. The van der Waals surface area contributed by atoms with Crippen molar-refractivity contribution in [2.24, 2.45) is 5.41 Å². The van der Waals surface area contributed by atoms with Crippen molar-refractivity contribution in [2.75, 3.05) is 16.8 Å². The zero-order valence-electron chi connectivity index (χ0n) is 13.9. The summed E-state index contributed by atoms with van der Waals surface area (Å²) in [5.41, 5.74) is 0.412. The molecular formula is C17H20N4O2S. The number of carbonyl (C=O) groups is 2. The average Bonchev–Trinajstić information content (AvgIpc) is 3.14. The maximum atomic E-state index is 12.3. The summed E-state index contributed by atoms with van der Waals surface area (Å²) in [6.07, 6.45) is 0.413. The van der Waals surface area contributed by atoms with Gasteiger partial charge >= 0.3 is 0 Å². The van der Waals surface area contributed by atoms with Crippen molar-refractivity contribution in [1.82, 2.24) is 10.2 Å². The Hall–Kier alpha value is -2.28. The van der Waals surface area contributed by atoms with Gasteiger partial charge in [0.2, 0.25) is 16.9 Å². The number of aromatic nitrogens is 2. The molecule has 7 heteroatoms. The number of carbonyl (C=O) groups excluding carboxylic acids is 2. The third-order valence-electron chi connectivity index (χ3n) is 3.88. The largest absolute Gasteiger partial charge is 0.312 e. The van der Waals surface area contributed by atoms with Gasteiger partial charge in [0.15, 0.2) is 0 Å². The molecule has 126 valence electrons. The lowest BCUT2D eigenvalue weighted by atomic mass is 9.96. The first kappa shape index (κ1) is 16.6. The molecule has 0 bridgehead atoms. The minimum absolute atomic E-state index is 0.00972. The molecule has 24 heavy (non-hydrogen) atoms. The van der Waals surface area contributed by atoms with Crippen LogP contribution in [0, 0.1) is 5.41 Å². The van der Waals surface area contributed by atoms with Crippen LogP contribution in [0.25, 0.3) is 0 Å². The molecule has 1 saturated heterocycles. The van der Waals surface area contributed by atoms with Crippen LogP contribution in [0.3, 0.4) is 0 Å². The number of benzene rings is 1. The van der Waals surface area contributed by atoms with Gasteiger partial charge in [-0.05, 0) is 12.1 Å². The van der Waals surface area contributed by atoms with E-state index in [1.54, 1.807) is 4.90 Å². The normalized spacial score (nSPS) is 18.0. The van der Waals surface area contributed by atoms with Gasteiger partial charge in [-0.25, -0.2) is 0 Å². The Morgan fingerprint density at radius 3 is 2.62 bits per heavy atom. The molecule has 3 rings (SSSR count). The molecule has 1 aliphatic heterocycles. The maximum Gasteiger partial charge on any atom is 0.231 e. The predicted octanol–water partition coefficient (Wildman–Crippen LogP) is 3.04. The summed E-state index contributed by atoms with van der Waals surface area (Å²) in [6.45, 7) is 6.12. The van der Waals surface area contributed by atoms with Crippen LogP contribution < -0.4 is 10.2 Å². The zero-order valence-corrected chi connectivity index (χ0v) is 14.8. The van der Waals surface area contributed by atoms with Crippen LogP contribution in [0.5, 0.6) is 0 Å². The Labute approximate surface area is 144 Å². The van der Waals surface area contributed by atoms with E-state index >= 15 is 0 Å². The van der Waals surface area contributed by atoms with Crippen LogP contribution in [0.15, 0.2) is 30.3 Å². The highest BCUT2D eigenvalue weighted by Gasteiger charge is 2.34. The number of hydrogen-bond acceptors (Lipinski definition) is 5. The highest BCUT2D eigenvalue weighted by atomic mass is 32.1. The Balaban J connectivity index is 1.70.